The van der Waals surface area contributed by atoms with E-state index in [1.165, 1.54) is 12.0 Å². The molecule has 0 aromatic carbocycles. The molecule has 0 bridgehead atoms. The lowest BCUT2D eigenvalue weighted by molar-refractivity contribution is -0.145. The summed E-state index contributed by atoms with van der Waals surface area (Å²) in [7, 11) is 1.20. The van der Waals surface area contributed by atoms with E-state index in [1.54, 1.807) is 20.8 Å². The lowest BCUT2D eigenvalue weighted by Crippen LogP contribution is -2.53. The van der Waals surface area contributed by atoms with Gasteiger partial charge in [0.25, 0.3) is 0 Å². The zero-order valence-electron chi connectivity index (χ0n) is 15.2. The van der Waals surface area contributed by atoms with Crippen LogP contribution in [-0.4, -0.2) is 60.6 Å². The van der Waals surface area contributed by atoms with Crippen LogP contribution in [-0.2, 0) is 23.9 Å². The molecule has 9 nitrogen and oxygen atoms in total. The molecular weight excluding hydrogens is 330 g/mol. The smallest absolute Gasteiger partial charge is 0.408 e. The number of primary amides is 1. The molecule has 0 aromatic heterocycles. The Morgan fingerprint density at radius 2 is 1.76 bits per heavy atom. The van der Waals surface area contributed by atoms with Crippen LogP contribution >= 0.6 is 0 Å². The summed E-state index contributed by atoms with van der Waals surface area (Å²) in [5.74, 6) is -1.69. The Balaban J connectivity index is 2.74. The van der Waals surface area contributed by atoms with Gasteiger partial charge in [-0.1, -0.05) is 0 Å². The standard InChI is InChI=1S/C16H27N3O6/c1-16(2,3)25-15(23)18-11(9-12(20)24-4)14(22)19-7-5-10(6-8-19)13(17)21/h10-11H,5-9H2,1-4H3,(H2,17,21)(H,18,23)/t11-/m0/s1. The minimum Gasteiger partial charge on any atom is -0.469 e. The molecule has 0 aromatic rings. The number of rotatable bonds is 5. The molecule has 9 heteroatoms. The van der Waals surface area contributed by atoms with E-state index in [0.717, 1.165) is 0 Å². The van der Waals surface area contributed by atoms with E-state index in [0.29, 0.717) is 25.9 Å². The number of esters is 1. The molecule has 1 saturated heterocycles. The Bertz CT molecular complexity index is 520. The predicted octanol–water partition coefficient (Wildman–Crippen LogP) is 0.167. The highest BCUT2D eigenvalue weighted by molar-refractivity contribution is 5.90. The molecule has 0 spiro atoms. The molecule has 1 fully saturated rings. The SMILES string of the molecule is COC(=O)C[C@H](NC(=O)OC(C)(C)C)C(=O)N1CCC(C(N)=O)CC1. The molecule has 1 aliphatic rings. The van der Waals surface area contributed by atoms with Crippen LogP contribution in [0.1, 0.15) is 40.0 Å². The molecule has 0 unspecified atom stereocenters. The number of piperidine rings is 1. The summed E-state index contributed by atoms with van der Waals surface area (Å²) >= 11 is 0. The number of amides is 3. The summed E-state index contributed by atoms with van der Waals surface area (Å²) in [6, 6.07) is -1.09. The van der Waals surface area contributed by atoms with Gasteiger partial charge in [0, 0.05) is 19.0 Å². The van der Waals surface area contributed by atoms with Crippen LogP contribution in [0.3, 0.4) is 0 Å². The van der Waals surface area contributed by atoms with Gasteiger partial charge >= 0.3 is 12.1 Å². The summed E-state index contributed by atoms with van der Waals surface area (Å²) in [6.45, 7) is 5.75. The third kappa shape index (κ3) is 6.98. The van der Waals surface area contributed by atoms with Crippen molar-refractivity contribution in [3.63, 3.8) is 0 Å². The van der Waals surface area contributed by atoms with Crippen molar-refractivity contribution in [2.45, 2.75) is 51.7 Å². The third-order valence-corrected chi connectivity index (χ3v) is 3.80. The van der Waals surface area contributed by atoms with E-state index in [1.807, 2.05) is 0 Å². The van der Waals surface area contributed by atoms with Gasteiger partial charge in [-0.3, -0.25) is 14.4 Å². The highest BCUT2D eigenvalue weighted by atomic mass is 16.6. The summed E-state index contributed by atoms with van der Waals surface area (Å²) in [4.78, 5) is 48.9. The van der Waals surface area contributed by atoms with Crippen molar-refractivity contribution in [2.24, 2.45) is 11.7 Å². The van der Waals surface area contributed by atoms with Gasteiger partial charge in [0.1, 0.15) is 11.6 Å². The van der Waals surface area contributed by atoms with Gasteiger partial charge < -0.3 is 25.4 Å². The highest BCUT2D eigenvalue weighted by Gasteiger charge is 2.33. The van der Waals surface area contributed by atoms with Crippen LogP contribution in [0.2, 0.25) is 0 Å². The first-order chi connectivity index (χ1) is 11.5. The van der Waals surface area contributed by atoms with E-state index in [4.69, 9.17) is 10.5 Å². The fourth-order valence-corrected chi connectivity index (χ4v) is 2.50. The largest absolute Gasteiger partial charge is 0.469 e. The van der Waals surface area contributed by atoms with Crippen LogP contribution in [0, 0.1) is 5.92 Å². The maximum Gasteiger partial charge on any atom is 0.408 e. The molecule has 0 saturated carbocycles. The monoisotopic (exact) mass is 357 g/mol. The Kier molecular flexibility index (Phi) is 7.20. The predicted molar refractivity (Wildman–Crippen MR) is 88.3 cm³/mol. The van der Waals surface area contributed by atoms with Gasteiger partial charge in [-0.15, -0.1) is 0 Å². The van der Waals surface area contributed by atoms with Crippen LogP contribution in [0.25, 0.3) is 0 Å². The number of ether oxygens (including phenoxy) is 2. The first-order valence-corrected chi connectivity index (χ1v) is 8.18. The molecule has 3 N–H and O–H groups in total. The summed E-state index contributed by atoms with van der Waals surface area (Å²) in [5, 5.41) is 2.43. The number of nitrogens with two attached hydrogens (primary N) is 1. The van der Waals surface area contributed by atoms with E-state index in [2.05, 4.69) is 10.1 Å². The number of likely N-dealkylation sites (tertiary alicyclic amines) is 1. The molecule has 0 aliphatic carbocycles. The second-order valence-electron chi connectivity index (χ2n) is 6.98. The summed E-state index contributed by atoms with van der Waals surface area (Å²) in [5.41, 5.74) is 4.55. The molecule has 1 aliphatic heterocycles. The summed E-state index contributed by atoms with van der Waals surface area (Å²) in [6.07, 6.45) is -0.178. The average Bonchev–Trinajstić information content (AvgIpc) is 2.51. The molecule has 25 heavy (non-hydrogen) atoms. The number of alkyl carbamates (subject to hydrolysis) is 1. The average molecular weight is 357 g/mol. The molecule has 1 atom stereocenters. The quantitative estimate of drug-likeness (QED) is 0.675. The zero-order valence-corrected chi connectivity index (χ0v) is 15.2. The first-order valence-electron chi connectivity index (χ1n) is 8.18. The minimum atomic E-state index is -1.09. The van der Waals surface area contributed by atoms with Crippen molar-refractivity contribution < 1.29 is 28.7 Å². The molecule has 1 heterocycles. The number of carbonyl (C=O) groups is 4. The number of methoxy groups -OCH3 is 1. The Morgan fingerprint density at radius 1 is 1.20 bits per heavy atom. The van der Waals surface area contributed by atoms with E-state index >= 15 is 0 Å². The summed E-state index contributed by atoms with van der Waals surface area (Å²) < 4.78 is 9.72. The number of nitrogens with one attached hydrogen (secondary N) is 1. The third-order valence-electron chi connectivity index (χ3n) is 3.80. The lowest BCUT2D eigenvalue weighted by atomic mass is 9.95. The van der Waals surface area contributed by atoms with Crippen LogP contribution in [0.15, 0.2) is 0 Å². The number of hydrogen-bond donors (Lipinski definition) is 2. The fourth-order valence-electron chi connectivity index (χ4n) is 2.50. The van der Waals surface area contributed by atoms with Gasteiger partial charge in [-0.05, 0) is 33.6 Å². The molecule has 1 rings (SSSR count). The highest BCUT2D eigenvalue weighted by Crippen LogP contribution is 2.18. The Labute approximate surface area is 147 Å². The van der Waals surface area contributed by atoms with Crippen molar-refractivity contribution in [3.8, 4) is 0 Å². The minimum absolute atomic E-state index is 0.262. The topological polar surface area (TPSA) is 128 Å². The molecule has 0 radical (unpaired) electrons. The van der Waals surface area contributed by atoms with E-state index in [-0.39, 0.29) is 18.2 Å². The van der Waals surface area contributed by atoms with Crippen LogP contribution in [0.5, 0.6) is 0 Å². The Hall–Kier alpha value is -2.32. The maximum absolute atomic E-state index is 12.7. The van der Waals surface area contributed by atoms with Crippen LogP contribution < -0.4 is 11.1 Å². The van der Waals surface area contributed by atoms with Crippen LogP contribution in [0.4, 0.5) is 4.79 Å². The molecule has 3 amide bonds. The first kappa shape index (κ1) is 20.7. The van der Waals surface area contributed by atoms with Gasteiger partial charge in [0.05, 0.1) is 13.5 Å². The molecule has 142 valence electrons. The van der Waals surface area contributed by atoms with Crippen molar-refractivity contribution >= 4 is 23.9 Å². The second-order valence-corrected chi connectivity index (χ2v) is 6.98. The normalized spacial score (nSPS) is 16.7. The number of hydrogen-bond acceptors (Lipinski definition) is 6. The number of nitrogens with zero attached hydrogens (tertiary/aromatic N) is 1. The van der Waals surface area contributed by atoms with Gasteiger partial charge in [-0.2, -0.15) is 0 Å². The van der Waals surface area contributed by atoms with Crippen molar-refractivity contribution in [3.05, 3.63) is 0 Å². The second kappa shape index (κ2) is 8.68. The zero-order chi connectivity index (χ0) is 19.2. The fraction of sp³-hybridized carbons (Fsp3) is 0.750. The van der Waals surface area contributed by atoms with Crippen molar-refractivity contribution in [1.82, 2.24) is 10.2 Å². The van der Waals surface area contributed by atoms with Crippen molar-refractivity contribution in [2.75, 3.05) is 20.2 Å². The maximum atomic E-state index is 12.7. The van der Waals surface area contributed by atoms with Crippen molar-refractivity contribution in [1.29, 1.82) is 0 Å². The van der Waals surface area contributed by atoms with Gasteiger partial charge in [0.15, 0.2) is 0 Å². The van der Waals surface area contributed by atoms with Gasteiger partial charge in [0.2, 0.25) is 11.8 Å². The Morgan fingerprint density at radius 3 is 2.20 bits per heavy atom. The van der Waals surface area contributed by atoms with E-state index < -0.39 is 29.6 Å². The lowest BCUT2D eigenvalue weighted by Gasteiger charge is -2.33. The molecular formula is C16H27N3O6. The van der Waals surface area contributed by atoms with E-state index in [9.17, 15) is 19.2 Å². The van der Waals surface area contributed by atoms with Gasteiger partial charge in [-0.25, -0.2) is 4.79 Å². The number of carbonyl (C=O) groups excluding carboxylic acids is 4.